The van der Waals surface area contributed by atoms with Gasteiger partial charge in [0.25, 0.3) is 0 Å². The quantitative estimate of drug-likeness (QED) is 0.448. The lowest BCUT2D eigenvalue weighted by molar-refractivity contribution is 0.385. The van der Waals surface area contributed by atoms with Gasteiger partial charge in [-0.15, -0.1) is 0 Å². The maximum absolute atomic E-state index is 13.5. The summed E-state index contributed by atoms with van der Waals surface area (Å²) in [5, 5.41) is 0. The Labute approximate surface area is 106 Å². The molecular weight excluding hydrogens is 239 g/mol. The van der Waals surface area contributed by atoms with E-state index in [1.54, 1.807) is 17.8 Å². The van der Waals surface area contributed by atoms with Crippen LogP contribution >= 0.6 is 11.8 Å². The fraction of sp³-hybridized carbons (Fsp3) is 0.500. The third-order valence-corrected chi connectivity index (χ3v) is 3.68. The van der Waals surface area contributed by atoms with E-state index in [4.69, 9.17) is 10.6 Å². The minimum Gasteiger partial charge on any atom is -0.494 e. The molecule has 0 fully saturated rings. The van der Waals surface area contributed by atoms with Gasteiger partial charge in [-0.25, -0.2) is 4.39 Å². The average molecular weight is 258 g/mol. The molecule has 0 aliphatic rings. The molecule has 17 heavy (non-hydrogen) atoms. The summed E-state index contributed by atoms with van der Waals surface area (Å²) in [6, 6.07) is 4.89. The van der Waals surface area contributed by atoms with Crippen molar-refractivity contribution in [1.82, 2.24) is 5.43 Å². The summed E-state index contributed by atoms with van der Waals surface area (Å²) in [7, 11) is 1.45. The monoisotopic (exact) mass is 258 g/mol. The number of nitrogens with two attached hydrogens (primary N) is 1. The molecule has 1 atom stereocenters. The molecule has 3 nitrogen and oxygen atoms in total. The number of nitrogens with one attached hydrogen (secondary N) is 1. The second-order valence-corrected chi connectivity index (χ2v) is 4.84. The number of hydrogen-bond donors (Lipinski definition) is 2. The van der Waals surface area contributed by atoms with Gasteiger partial charge in [-0.3, -0.25) is 11.3 Å². The van der Waals surface area contributed by atoms with Crippen molar-refractivity contribution in [2.24, 2.45) is 5.84 Å². The van der Waals surface area contributed by atoms with Gasteiger partial charge in [0.1, 0.15) is 0 Å². The molecule has 0 saturated carbocycles. The summed E-state index contributed by atoms with van der Waals surface area (Å²) in [4.78, 5) is 0. The molecule has 0 aromatic heterocycles. The second kappa shape index (κ2) is 7.53. The minimum absolute atomic E-state index is 0.0352. The van der Waals surface area contributed by atoms with Crippen molar-refractivity contribution in [3.63, 3.8) is 0 Å². The summed E-state index contributed by atoms with van der Waals surface area (Å²) >= 11 is 1.80. The van der Waals surface area contributed by atoms with E-state index >= 15 is 0 Å². The van der Waals surface area contributed by atoms with E-state index in [-0.39, 0.29) is 17.6 Å². The standard InChI is InChI=1S/C12H19FN2OS/c1-3-6-17-8-11(15-14)9-4-5-12(16-2)10(13)7-9/h4-5,7,11,15H,3,6,8,14H2,1-2H3. The summed E-state index contributed by atoms with van der Waals surface area (Å²) in [5.41, 5.74) is 3.56. The fourth-order valence-electron chi connectivity index (χ4n) is 1.49. The zero-order valence-corrected chi connectivity index (χ0v) is 11.0. The van der Waals surface area contributed by atoms with Crippen molar-refractivity contribution in [2.75, 3.05) is 18.6 Å². The molecule has 1 unspecified atom stereocenters. The van der Waals surface area contributed by atoms with Crippen molar-refractivity contribution in [3.8, 4) is 5.75 Å². The van der Waals surface area contributed by atoms with Crippen LogP contribution in [0.5, 0.6) is 5.75 Å². The number of thioether (sulfide) groups is 1. The zero-order valence-electron chi connectivity index (χ0n) is 10.2. The van der Waals surface area contributed by atoms with Gasteiger partial charge in [0.15, 0.2) is 11.6 Å². The first kappa shape index (κ1) is 14.3. The molecule has 96 valence electrons. The summed E-state index contributed by atoms with van der Waals surface area (Å²) < 4.78 is 18.4. The van der Waals surface area contributed by atoms with Crippen molar-refractivity contribution >= 4 is 11.8 Å². The predicted octanol–water partition coefficient (Wildman–Crippen LogP) is 2.48. The zero-order chi connectivity index (χ0) is 12.7. The van der Waals surface area contributed by atoms with Crippen LogP contribution in [0.3, 0.4) is 0 Å². The van der Waals surface area contributed by atoms with Crippen molar-refractivity contribution < 1.29 is 9.13 Å². The largest absolute Gasteiger partial charge is 0.494 e. The van der Waals surface area contributed by atoms with E-state index in [1.807, 2.05) is 6.07 Å². The Morgan fingerprint density at radius 1 is 1.53 bits per heavy atom. The third-order valence-electron chi connectivity index (χ3n) is 2.41. The summed E-state index contributed by atoms with van der Waals surface area (Å²) in [6.45, 7) is 2.13. The van der Waals surface area contributed by atoms with Crippen LogP contribution in [0.15, 0.2) is 18.2 Å². The highest BCUT2D eigenvalue weighted by atomic mass is 32.2. The van der Waals surface area contributed by atoms with Gasteiger partial charge in [0, 0.05) is 5.75 Å². The number of methoxy groups -OCH3 is 1. The van der Waals surface area contributed by atoms with Gasteiger partial charge in [0.2, 0.25) is 0 Å². The maximum Gasteiger partial charge on any atom is 0.165 e. The van der Waals surface area contributed by atoms with Crippen molar-refractivity contribution in [2.45, 2.75) is 19.4 Å². The average Bonchev–Trinajstić information content (AvgIpc) is 2.35. The third kappa shape index (κ3) is 4.18. The topological polar surface area (TPSA) is 47.3 Å². The molecule has 0 radical (unpaired) electrons. The van der Waals surface area contributed by atoms with Crippen molar-refractivity contribution in [3.05, 3.63) is 29.6 Å². The van der Waals surface area contributed by atoms with E-state index in [2.05, 4.69) is 12.3 Å². The van der Waals surface area contributed by atoms with Crippen LogP contribution in [0.4, 0.5) is 4.39 Å². The van der Waals surface area contributed by atoms with Gasteiger partial charge in [-0.1, -0.05) is 13.0 Å². The number of rotatable bonds is 7. The molecule has 1 aromatic rings. The van der Waals surface area contributed by atoms with E-state index < -0.39 is 0 Å². The molecule has 5 heteroatoms. The minimum atomic E-state index is -0.356. The van der Waals surface area contributed by atoms with Crippen LogP contribution in [-0.4, -0.2) is 18.6 Å². The lowest BCUT2D eigenvalue weighted by Gasteiger charge is -2.16. The normalized spacial score (nSPS) is 12.5. The number of ether oxygens (including phenoxy) is 1. The van der Waals surface area contributed by atoms with Crippen LogP contribution in [0, 0.1) is 5.82 Å². The maximum atomic E-state index is 13.5. The predicted molar refractivity (Wildman–Crippen MR) is 70.6 cm³/mol. The van der Waals surface area contributed by atoms with Crippen molar-refractivity contribution in [1.29, 1.82) is 0 Å². The van der Waals surface area contributed by atoms with E-state index in [1.165, 1.54) is 13.2 Å². The molecule has 1 rings (SSSR count). The Morgan fingerprint density at radius 2 is 2.29 bits per heavy atom. The molecule has 0 aliphatic heterocycles. The highest BCUT2D eigenvalue weighted by molar-refractivity contribution is 7.99. The molecule has 0 heterocycles. The number of benzene rings is 1. The van der Waals surface area contributed by atoms with E-state index in [9.17, 15) is 4.39 Å². The van der Waals surface area contributed by atoms with E-state index in [0.717, 1.165) is 23.5 Å². The highest BCUT2D eigenvalue weighted by Gasteiger charge is 2.12. The molecule has 0 saturated heterocycles. The highest BCUT2D eigenvalue weighted by Crippen LogP contribution is 2.23. The Bertz CT molecular complexity index is 349. The number of hydrogen-bond acceptors (Lipinski definition) is 4. The lowest BCUT2D eigenvalue weighted by Crippen LogP contribution is -2.29. The van der Waals surface area contributed by atoms with Gasteiger partial charge >= 0.3 is 0 Å². The van der Waals surface area contributed by atoms with Gasteiger partial charge in [-0.05, 0) is 29.9 Å². The van der Waals surface area contributed by atoms with Crippen LogP contribution in [0.25, 0.3) is 0 Å². The van der Waals surface area contributed by atoms with Crippen LogP contribution < -0.4 is 16.0 Å². The van der Waals surface area contributed by atoms with Gasteiger partial charge < -0.3 is 4.74 Å². The lowest BCUT2D eigenvalue weighted by atomic mass is 10.1. The van der Waals surface area contributed by atoms with E-state index in [0.29, 0.717) is 0 Å². The van der Waals surface area contributed by atoms with Gasteiger partial charge in [-0.2, -0.15) is 11.8 Å². The molecule has 1 aromatic carbocycles. The molecular formula is C12H19FN2OS. The Kier molecular flexibility index (Phi) is 6.32. The molecule has 0 spiro atoms. The molecule has 0 bridgehead atoms. The smallest absolute Gasteiger partial charge is 0.165 e. The van der Waals surface area contributed by atoms with Crippen LogP contribution in [0.2, 0.25) is 0 Å². The molecule has 3 N–H and O–H groups in total. The number of halogens is 1. The van der Waals surface area contributed by atoms with Gasteiger partial charge in [0.05, 0.1) is 13.2 Å². The first-order valence-corrected chi connectivity index (χ1v) is 6.75. The molecule has 0 aliphatic carbocycles. The van der Waals surface area contributed by atoms with Crippen LogP contribution in [-0.2, 0) is 0 Å². The summed E-state index contributed by atoms with van der Waals surface area (Å²) in [5.74, 6) is 7.30. The second-order valence-electron chi connectivity index (χ2n) is 3.69. The SMILES string of the molecule is CCCSCC(NN)c1ccc(OC)c(F)c1. The number of hydrazine groups is 1. The Balaban J connectivity index is 2.71. The first-order valence-electron chi connectivity index (χ1n) is 5.60. The van der Waals surface area contributed by atoms with Crippen LogP contribution in [0.1, 0.15) is 24.9 Å². The Hall–Kier alpha value is -0.780. The molecule has 0 amide bonds. The Morgan fingerprint density at radius 3 is 2.82 bits per heavy atom. The first-order chi connectivity index (χ1) is 8.22. The summed E-state index contributed by atoms with van der Waals surface area (Å²) in [6.07, 6.45) is 1.12. The fourth-order valence-corrected chi connectivity index (χ4v) is 2.47.